The van der Waals surface area contributed by atoms with Gasteiger partial charge in [0.15, 0.2) is 0 Å². The Hall–Kier alpha value is 0.180. The minimum absolute atomic E-state index is 0.0208. The fraction of sp³-hybridized carbons (Fsp3) is 0.857. The Bertz CT molecular complexity index is 193. The first-order valence-corrected chi connectivity index (χ1v) is 5.15. The molecule has 0 aromatic heterocycles. The van der Waals surface area contributed by atoms with Gasteiger partial charge in [-0.15, -0.1) is 0 Å². The van der Waals surface area contributed by atoms with Crippen LogP contribution in [0.15, 0.2) is 0 Å². The highest BCUT2D eigenvalue weighted by molar-refractivity contribution is 7.66. The summed E-state index contributed by atoms with van der Waals surface area (Å²) in [6.07, 6.45) is -0.0208. The Morgan fingerprint density at radius 1 is 0.909 bits per heavy atom. The van der Waals surface area contributed by atoms with Gasteiger partial charge in [0.05, 0.1) is 10.1 Å². The van der Waals surface area contributed by atoms with E-state index >= 15 is 0 Å². The van der Waals surface area contributed by atoms with E-state index in [1.54, 1.807) is 0 Å². The maximum absolute atomic E-state index is 7.58. The molecule has 0 rings (SSSR count). The monoisotopic (exact) mass is 179 g/mol. The van der Waals surface area contributed by atoms with Crippen LogP contribution in [0.4, 0.5) is 0 Å². The van der Waals surface area contributed by atoms with Gasteiger partial charge in [0.1, 0.15) is 0 Å². The first-order chi connectivity index (χ1) is 5.77. The highest BCUT2D eigenvalue weighted by Crippen LogP contribution is 2.50. The van der Waals surface area contributed by atoms with E-state index in [4.69, 9.17) is 2.74 Å². The molecule has 0 unspecified atom stereocenters. The van der Waals surface area contributed by atoms with Crippen LogP contribution in [-0.2, 0) is 0 Å². The largest absolute Gasteiger partial charge is 0.267 e. The van der Waals surface area contributed by atoms with Crippen molar-refractivity contribution in [2.24, 2.45) is 0 Å². The Labute approximate surface area is 73.5 Å². The van der Waals surface area contributed by atoms with Gasteiger partial charge in [-0.2, -0.15) is 0 Å². The van der Waals surface area contributed by atoms with Gasteiger partial charge in [-0.25, -0.2) is 0 Å². The summed E-state index contributed by atoms with van der Waals surface area (Å²) < 4.78 is 21.0. The first kappa shape index (κ1) is 7.81. The molecule has 0 aliphatic heterocycles. The van der Waals surface area contributed by atoms with Crippen LogP contribution in [0.25, 0.3) is 0 Å². The predicted octanol–water partition coefficient (Wildman–Crippen LogP) is 0.866. The Kier molecular flexibility index (Phi) is 2.64. The van der Waals surface area contributed by atoms with Crippen molar-refractivity contribution in [2.75, 3.05) is 42.3 Å². The number of nitrogens with zero attached hydrogens (tertiary/aromatic N) is 3. The lowest BCUT2D eigenvalue weighted by Gasteiger charge is -2.41. The van der Waals surface area contributed by atoms with Gasteiger partial charge in [0, 0.05) is 0 Å². The van der Waals surface area contributed by atoms with Crippen molar-refractivity contribution in [3.63, 3.8) is 0 Å². The van der Waals surface area contributed by atoms with Gasteiger partial charge in [0.25, 0.3) is 0 Å². The van der Waals surface area contributed by atoms with Crippen LogP contribution in [0, 0.1) is 0 Å². The molecule has 0 amide bonds. The van der Waals surface area contributed by atoms with Crippen molar-refractivity contribution in [1.29, 1.82) is 0 Å². The van der Waals surface area contributed by atoms with E-state index in [1.807, 2.05) is 56.3 Å². The fourth-order valence-electron chi connectivity index (χ4n) is 1.07. The Morgan fingerprint density at radius 3 is 1.18 bits per heavy atom. The molecule has 0 fully saturated rings. The Balaban J connectivity index is 5.50. The van der Waals surface area contributed by atoms with Gasteiger partial charge in [-0.3, -0.25) is 14.0 Å². The van der Waals surface area contributed by atoms with Crippen LogP contribution < -0.4 is 0 Å². The van der Waals surface area contributed by atoms with Crippen LogP contribution in [-0.4, -0.2) is 62.5 Å². The van der Waals surface area contributed by atoms with Crippen molar-refractivity contribution in [3.8, 4) is 0 Å². The average molecular weight is 179 g/mol. The second-order valence-corrected chi connectivity index (χ2v) is 6.65. The summed E-state index contributed by atoms with van der Waals surface area (Å²) in [4.78, 5) is 0. The van der Waals surface area contributed by atoms with Crippen LogP contribution in [0.3, 0.4) is 0 Å². The van der Waals surface area contributed by atoms with Gasteiger partial charge >= 0.3 is 0 Å². The lowest BCUT2D eigenvalue weighted by atomic mass is 11.2. The van der Waals surface area contributed by atoms with Gasteiger partial charge in [0.2, 0.25) is 0 Å². The van der Waals surface area contributed by atoms with E-state index in [0.717, 1.165) is 0 Å². The second-order valence-electron chi connectivity index (χ2n) is 3.11. The van der Waals surface area contributed by atoms with E-state index in [0.29, 0.717) is 0 Å². The zero-order valence-corrected chi connectivity index (χ0v) is 9.18. The zero-order chi connectivity index (χ0) is 10.8. The predicted molar refractivity (Wildman–Crippen MR) is 55.1 cm³/mol. The molecular weight excluding hydrogens is 157 g/mol. The molecule has 0 aromatic carbocycles. The van der Waals surface area contributed by atoms with E-state index in [-0.39, 0.29) is 6.25 Å². The highest BCUT2D eigenvalue weighted by atomic mass is 31.2. The molecule has 0 bridgehead atoms. The van der Waals surface area contributed by atoms with E-state index in [9.17, 15) is 0 Å². The van der Waals surface area contributed by atoms with Gasteiger partial charge < -0.3 is 0 Å². The molecule has 3 nitrogen and oxygen atoms in total. The molecule has 68 valence electrons. The van der Waals surface area contributed by atoms with Crippen molar-refractivity contribution >= 4 is 13.6 Å². The van der Waals surface area contributed by atoms with Crippen LogP contribution in [0.5, 0.6) is 0 Å². The summed E-state index contributed by atoms with van der Waals surface area (Å²) in [5, 5.41) is 0. The summed E-state index contributed by atoms with van der Waals surface area (Å²) in [5.41, 5.74) is 0. The minimum Gasteiger partial charge on any atom is -0.267 e. The minimum atomic E-state index is -2.03. The highest BCUT2D eigenvalue weighted by Gasteiger charge is 2.21. The van der Waals surface area contributed by atoms with Crippen molar-refractivity contribution in [3.05, 3.63) is 0 Å². The number of rotatable bonds is 3. The molecule has 11 heavy (non-hydrogen) atoms. The fourth-order valence-corrected chi connectivity index (χ4v) is 3.22. The molecule has 0 heterocycles. The molecule has 0 saturated heterocycles. The summed E-state index contributed by atoms with van der Waals surface area (Å²) in [6.45, 7) is 0. The molecule has 0 N–H and O–H groups in total. The number of hydrogen-bond acceptors (Lipinski definition) is 3. The molecule has 0 saturated carbocycles. The second kappa shape index (κ2) is 3.72. The molecule has 0 aliphatic carbocycles. The van der Waals surface area contributed by atoms with Crippen LogP contribution in [0.1, 0.15) is 2.74 Å². The standard InChI is InChI=1S/C7H20N3P/c1-8(2)11(7,9(3)4)10(5)6/h7H2,1-6H3/i7D2. The smallest absolute Gasteiger partial charge is 0.0729 e. The SMILES string of the molecule is [2H]C([2H])=P(N(C)C)(N(C)C)N(C)C. The van der Waals surface area contributed by atoms with Crippen molar-refractivity contribution in [1.82, 2.24) is 14.0 Å². The summed E-state index contributed by atoms with van der Waals surface area (Å²) in [7, 11) is 9.45. The van der Waals surface area contributed by atoms with E-state index in [2.05, 4.69) is 0 Å². The Morgan fingerprint density at radius 2 is 1.18 bits per heavy atom. The van der Waals surface area contributed by atoms with E-state index < -0.39 is 7.34 Å². The molecule has 0 spiro atoms. The van der Waals surface area contributed by atoms with Gasteiger partial charge in [-0.1, -0.05) is 6.25 Å². The third kappa shape index (κ3) is 2.06. The average Bonchev–Trinajstić information content (AvgIpc) is 1.82. The molecule has 0 atom stereocenters. The lowest BCUT2D eigenvalue weighted by Crippen LogP contribution is -2.30. The molecule has 0 radical (unpaired) electrons. The quantitative estimate of drug-likeness (QED) is 0.595. The first-order valence-electron chi connectivity index (χ1n) is 4.51. The maximum Gasteiger partial charge on any atom is 0.0729 e. The summed E-state index contributed by atoms with van der Waals surface area (Å²) in [5.74, 6) is 0. The normalized spacial score (nSPS) is 15.7. The van der Waals surface area contributed by atoms with Crippen molar-refractivity contribution in [2.45, 2.75) is 0 Å². The molecule has 0 aromatic rings. The molecular formula is C7H20N3P. The zero-order valence-electron chi connectivity index (χ0n) is 10.3. The molecule has 4 heteroatoms. The lowest BCUT2D eigenvalue weighted by molar-refractivity contribution is 0.484. The van der Waals surface area contributed by atoms with Gasteiger partial charge in [-0.05, 0) is 42.3 Å². The summed E-state index contributed by atoms with van der Waals surface area (Å²) in [6, 6.07) is 0. The summed E-state index contributed by atoms with van der Waals surface area (Å²) >= 11 is 0. The van der Waals surface area contributed by atoms with Crippen molar-refractivity contribution < 1.29 is 2.74 Å². The van der Waals surface area contributed by atoms with Crippen LogP contribution in [0.2, 0.25) is 0 Å². The third-order valence-electron chi connectivity index (χ3n) is 1.67. The maximum atomic E-state index is 7.58. The van der Waals surface area contributed by atoms with E-state index in [1.165, 1.54) is 0 Å². The molecule has 0 aliphatic rings. The number of hydrogen-bond donors (Lipinski definition) is 0. The van der Waals surface area contributed by atoms with Crippen LogP contribution >= 0.6 is 7.34 Å². The third-order valence-corrected chi connectivity index (χ3v) is 5.02. The topological polar surface area (TPSA) is 9.72 Å².